The number of rotatable bonds is 6. The van der Waals surface area contributed by atoms with Gasteiger partial charge in [0, 0.05) is 19.8 Å². The normalized spacial score (nSPS) is 10.8. The van der Waals surface area contributed by atoms with Crippen molar-refractivity contribution in [2.24, 2.45) is 7.05 Å². The van der Waals surface area contributed by atoms with Gasteiger partial charge in [-0.05, 0) is 12.5 Å². The van der Waals surface area contributed by atoms with Gasteiger partial charge in [-0.25, -0.2) is 0 Å². The Bertz CT molecular complexity index is 577. The lowest BCUT2D eigenvalue weighted by Gasteiger charge is -2.08. The van der Waals surface area contributed by atoms with Gasteiger partial charge in [-0.3, -0.25) is 9.48 Å². The second kappa shape index (κ2) is 5.87. The van der Waals surface area contributed by atoms with Gasteiger partial charge in [0.2, 0.25) is 0 Å². The van der Waals surface area contributed by atoms with Crippen molar-refractivity contribution in [2.75, 3.05) is 5.75 Å². The van der Waals surface area contributed by atoms with Crippen molar-refractivity contribution in [3.8, 4) is 11.5 Å². The van der Waals surface area contributed by atoms with Gasteiger partial charge < -0.3 is 9.67 Å². The molecule has 8 heteroatoms. The molecule has 0 spiro atoms. The molecular weight excluding hydrogens is 266 g/mol. The van der Waals surface area contributed by atoms with Crippen molar-refractivity contribution in [1.29, 1.82) is 0 Å². The van der Waals surface area contributed by atoms with Crippen LogP contribution in [0.3, 0.4) is 0 Å². The molecule has 2 aromatic heterocycles. The predicted molar refractivity (Wildman–Crippen MR) is 70.9 cm³/mol. The minimum absolute atomic E-state index is 0.0206. The molecule has 7 nitrogen and oxygen atoms in total. The first-order chi connectivity index (χ1) is 9.13. The van der Waals surface area contributed by atoms with Crippen LogP contribution in [0.25, 0.3) is 11.5 Å². The lowest BCUT2D eigenvalue weighted by molar-refractivity contribution is -0.133. The highest BCUT2D eigenvalue weighted by Crippen LogP contribution is 2.23. The van der Waals surface area contributed by atoms with Crippen molar-refractivity contribution in [3.05, 3.63) is 12.3 Å². The van der Waals surface area contributed by atoms with Crippen molar-refractivity contribution < 1.29 is 9.90 Å². The Morgan fingerprint density at radius 1 is 1.47 bits per heavy atom. The van der Waals surface area contributed by atoms with E-state index in [2.05, 4.69) is 22.2 Å². The summed E-state index contributed by atoms with van der Waals surface area (Å²) in [5, 5.41) is 21.7. The Balaban J connectivity index is 2.34. The molecule has 2 aromatic rings. The predicted octanol–water partition coefficient (Wildman–Crippen LogP) is 1.27. The molecule has 2 heterocycles. The zero-order valence-corrected chi connectivity index (χ0v) is 11.6. The van der Waals surface area contributed by atoms with Crippen LogP contribution < -0.4 is 0 Å². The second-order valence-electron chi connectivity index (χ2n) is 3.98. The summed E-state index contributed by atoms with van der Waals surface area (Å²) in [5.41, 5.74) is 0.864. The molecule has 2 rings (SSSR count). The highest BCUT2D eigenvalue weighted by molar-refractivity contribution is 7.99. The first-order valence-corrected chi connectivity index (χ1v) is 6.88. The highest BCUT2D eigenvalue weighted by atomic mass is 32.2. The van der Waals surface area contributed by atoms with E-state index in [1.54, 1.807) is 10.9 Å². The Kier molecular flexibility index (Phi) is 4.20. The number of carbonyl (C=O) groups is 1. The van der Waals surface area contributed by atoms with E-state index in [1.807, 2.05) is 17.7 Å². The zero-order chi connectivity index (χ0) is 13.8. The Hall–Kier alpha value is -1.83. The summed E-state index contributed by atoms with van der Waals surface area (Å²) < 4.78 is 3.66. The van der Waals surface area contributed by atoms with E-state index < -0.39 is 5.97 Å². The monoisotopic (exact) mass is 281 g/mol. The van der Waals surface area contributed by atoms with Gasteiger partial charge in [0.1, 0.15) is 5.69 Å². The van der Waals surface area contributed by atoms with Crippen LogP contribution >= 0.6 is 11.8 Å². The van der Waals surface area contributed by atoms with E-state index in [4.69, 9.17) is 5.11 Å². The molecule has 0 saturated carbocycles. The molecule has 0 unspecified atom stereocenters. The summed E-state index contributed by atoms with van der Waals surface area (Å²) in [6.07, 6.45) is 2.62. The third kappa shape index (κ3) is 2.95. The molecule has 0 radical (unpaired) electrons. The summed E-state index contributed by atoms with van der Waals surface area (Å²) in [7, 11) is 1.84. The molecule has 0 aliphatic carbocycles. The summed E-state index contributed by atoms with van der Waals surface area (Å²) >= 11 is 1.18. The molecular formula is C11H15N5O2S. The largest absolute Gasteiger partial charge is 0.481 e. The maximum Gasteiger partial charge on any atom is 0.313 e. The van der Waals surface area contributed by atoms with Crippen molar-refractivity contribution >= 4 is 17.7 Å². The molecule has 102 valence electrons. The number of thioether (sulfide) groups is 1. The van der Waals surface area contributed by atoms with Crippen LogP contribution in [-0.4, -0.2) is 41.4 Å². The lowest BCUT2D eigenvalue weighted by Crippen LogP contribution is -2.06. The zero-order valence-electron chi connectivity index (χ0n) is 10.8. The summed E-state index contributed by atoms with van der Waals surface area (Å²) in [5.74, 6) is -0.166. The van der Waals surface area contributed by atoms with Crippen LogP contribution in [0.1, 0.15) is 13.3 Å². The molecule has 0 aromatic carbocycles. The third-order valence-electron chi connectivity index (χ3n) is 2.54. The van der Waals surface area contributed by atoms with Gasteiger partial charge in [0.05, 0.1) is 5.75 Å². The molecule has 0 aliphatic heterocycles. The van der Waals surface area contributed by atoms with Crippen LogP contribution in [0.5, 0.6) is 0 Å². The smallest absolute Gasteiger partial charge is 0.313 e. The van der Waals surface area contributed by atoms with E-state index in [0.717, 1.165) is 24.5 Å². The molecule has 0 fully saturated rings. The van der Waals surface area contributed by atoms with Crippen LogP contribution in [0.15, 0.2) is 17.4 Å². The first-order valence-electron chi connectivity index (χ1n) is 5.89. The molecule has 0 atom stereocenters. The van der Waals surface area contributed by atoms with Gasteiger partial charge in [0.15, 0.2) is 11.0 Å². The number of aromatic nitrogens is 5. The fourth-order valence-corrected chi connectivity index (χ4v) is 2.41. The van der Waals surface area contributed by atoms with Gasteiger partial charge in [-0.15, -0.1) is 10.2 Å². The SMILES string of the molecule is CCCn1c(SCC(=O)O)nnc1-c1ccnn1C. The van der Waals surface area contributed by atoms with Crippen LogP contribution in [0, 0.1) is 0 Å². The average Bonchev–Trinajstić information content (AvgIpc) is 2.94. The van der Waals surface area contributed by atoms with E-state index in [1.165, 1.54) is 11.8 Å². The Morgan fingerprint density at radius 2 is 2.26 bits per heavy atom. The van der Waals surface area contributed by atoms with Crippen molar-refractivity contribution in [2.45, 2.75) is 25.0 Å². The number of hydrogen-bond acceptors (Lipinski definition) is 5. The summed E-state index contributed by atoms with van der Waals surface area (Å²) in [6.45, 7) is 2.80. The number of aliphatic carboxylic acids is 1. The standard InChI is InChI=1S/C11H15N5O2S/c1-3-6-16-10(8-4-5-12-15(8)2)13-14-11(16)19-7-9(17)18/h4-5H,3,6-7H2,1-2H3,(H,17,18). The molecule has 0 amide bonds. The van der Waals surface area contributed by atoms with Crippen LogP contribution in [-0.2, 0) is 18.4 Å². The maximum atomic E-state index is 10.6. The summed E-state index contributed by atoms with van der Waals surface area (Å²) in [4.78, 5) is 10.6. The van der Waals surface area contributed by atoms with E-state index >= 15 is 0 Å². The van der Waals surface area contributed by atoms with E-state index in [-0.39, 0.29) is 5.75 Å². The molecule has 0 bridgehead atoms. The summed E-state index contributed by atoms with van der Waals surface area (Å²) in [6, 6.07) is 1.86. The van der Waals surface area contributed by atoms with Crippen molar-refractivity contribution in [3.63, 3.8) is 0 Å². The number of hydrogen-bond donors (Lipinski definition) is 1. The average molecular weight is 281 g/mol. The number of carboxylic acid groups (broad SMARTS) is 1. The van der Waals surface area contributed by atoms with Crippen molar-refractivity contribution in [1.82, 2.24) is 24.5 Å². The lowest BCUT2D eigenvalue weighted by atomic mass is 10.4. The first kappa shape index (κ1) is 13.6. The minimum atomic E-state index is -0.863. The fraction of sp³-hybridized carbons (Fsp3) is 0.455. The quantitative estimate of drug-likeness (QED) is 0.802. The fourth-order valence-electron chi connectivity index (χ4n) is 1.73. The van der Waals surface area contributed by atoms with Crippen LogP contribution in [0.4, 0.5) is 0 Å². The van der Waals surface area contributed by atoms with E-state index in [0.29, 0.717) is 5.16 Å². The van der Waals surface area contributed by atoms with Gasteiger partial charge in [-0.2, -0.15) is 5.10 Å². The molecule has 1 N–H and O–H groups in total. The molecule has 0 saturated heterocycles. The molecule has 0 aliphatic rings. The topological polar surface area (TPSA) is 85.8 Å². The second-order valence-corrected chi connectivity index (χ2v) is 4.92. The number of carboxylic acids is 1. The van der Waals surface area contributed by atoms with Gasteiger partial charge >= 0.3 is 5.97 Å². The maximum absolute atomic E-state index is 10.6. The van der Waals surface area contributed by atoms with Crippen LogP contribution in [0.2, 0.25) is 0 Å². The highest BCUT2D eigenvalue weighted by Gasteiger charge is 2.16. The van der Waals surface area contributed by atoms with Gasteiger partial charge in [0.25, 0.3) is 0 Å². The minimum Gasteiger partial charge on any atom is -0.481 e. The Labute approximate surface area is 114 Å². The van der Waals surface area contributed by atoms with E-state index in [9.17, 15) is 4.79 Å². The molecule has 19 heavy (non-hydrogen) atoms. The van der Waals surface area contributed by atoms with Gasteiger partial charge in [-0.1, -0.05) is 18.7 Å². The third-order valence-corrected chi connectivity index (χ3v) is 3.49. The Morgan fingerprint density at radius 3 is 2.84 bits per heavy atom. The number of aryl methyl sites for hydroxylation is 1. The number of nitrogens with zero attached hydrogens (tertiary/aromatic N) is 5.